The summed E-state index contributed by atoms with van der Waals surface area (Å²) in [6.07, 6.45) is 2.62. The van der Waals surface area contributed by atoms with Gasteiger partial charge in [-0.3, -0.25) is 0 Å². The molecule has 0 saturated carbocycles. The molecule has 1 saturated heterocycles. The zero-order chi connectivity index (χ0) is 15.0. The highest BCUT2D eigenvalue weighted by atomic mass is 35.5. The Morgan fingerprint density at radius 1 is 1.27 bits per heavy atom. The lowest BCUT2D eigenvalue weighted by atomic mass is 10.1. The smallest absolute Gasteiger partial charge is 0.243 e. The summed E-state index contributed by atoms with van der Waals surface area (Å²) in [5.74, 6) is 0.811. The van der Waals surface area contributed by atoms with Gasteiger partial charge in [0.15, 0.2) is 0 Å². The molecule has 124 valence electrons. The normalized spacial score (nSPS) is 22.0. The van der Waals surface area contributed by atoms with Crippen molar-refractivity contribution in [3.63, 3.8) is 0 Å². The van der Waals surface area contributed by atoms with Crippen LogP contribution in [0.5, 0.6) is 5.75 Å². The summed E-state index contributed by atoms with van der Waals surface area (Å²) in [4.78, 5) is 0.375. The highest BCUT2D eigenvalue weighted by Gasteiger charge is 2.30. The molecule has 0 bridgehead atoms. The van der Waals surface area contributed by atoms with Crippen molar-refractivity contribution < 1.29 is 13.2 Å². The van der Waals surface area contributed by atoms with Crippen molar-refractivity contribution in [2.24, 2.45) is 0 Å². The van der Waals surface area contributed by atoms with Gasteiger partial charge in [-0.2, -0.15) is 4.31 Å². The van der Waals surface area contributed by atoms with Gasteiger partial charge in [-0.25, -0.2) is 8.42 Å². The molecule has 22 heavy (non-hydrogen) atoms. The maximum Gasteiger partial charge on any atom is 0.243 e. The number of ether oxygens (including phenoxy) is 1. The summed E-state index contributed by atoms with van der Waals surface area (Å²) in [6.45, 7) is 3.75. The molecule has 0 spiro atoms. The minimum Gasteiger partial charge on any atom is -0.490 e. The van der Waals surface area contributed by atoms with Gasteiger partial charge in [0.1, 0.15) is 11.9 Å². The maximum atomic E-state index is 12.8. The van der Waals surface area contributed by atoms with Crippen molar-refractivity contribution in [3.05, 3.63) is 23.8 Å². The lowest BCUT2D eigenvalue weighted by Gasteiger charge is -2.30. The Morgan fingerprint density at radius 3 is 2.64 bits per heavy atom. The van der Waals surface area contributed by atoms with E-state index in [1.165, 1.54) is 4.31 Å². The monoisotopic (exact) mass is 346 g/mol. The zero-order valence-corrected chi connectivity index (χ0v) is 14.5. The Hall–Kier alpha value is -0.820. The molecule has 3 rings (SSSR count). The van der Waals surface area contributed by atoms with Crippen LogP contribution in [0, 0.1) is 0 Å². The molecule has 1 aromatic carbocycles. The van der Waals surface area contributed by atoms with Gasteiger partial charge in [-0.15, -0.1) is 12.4 Å². The fraction of sp³-hybridized carbons (Fsp3) is 0.600. The number of hydrogen-bond acceptors (Lipinski definition) is 4. The van der Waals surface area contributed by atoms with E-state index >= 15 is 0 Å². The highest BCUT2D eigenvalue weighted by molar-refractivity contribution is 7.89. The highest BCUT2D eigenvalue weighted by Crippen LogP contribution is 2.32. The summed E-state index contributed by atoms with van der Waals surface area (Å²) in [6, 6.07) is 5.29. The average molecular weight is 347 g/mol. The number of fused-ring (bicyclic) bond motifs is 1. The number of halogens is 1. The molecule has 2 aliphatic rings. The van der Waals surface area contributed by atoms with Crippen molar-refractivity contribution in [2.45, 2.75) is 43.2 Å². The second kappa shape index (κ2) is 6.74. The van der Waals surface area contributed by atoms with E-state index in [0.29, 0.717) is 4.90 Å². The van der Waals surface area contributed by atoms with Crippen molar-refractivity contribution in [3.8, 4) is 5.75 Å². The van der Waals surface area contributed by atoms with E-state index in [1.54, 1.807) is 25.2 Å². The molecular weight excluding hydrogens is 324 g/mol. The van der Waals surface area contributed by atoms with E-state index in [2.05, 4.69) is 5.32 Å². The van der Waals surface area contributed by atoms with E-state index < -0.39 is 10.0 Å². The molecule has 5 nitrogen and oxygen atoms in total. The van der Waals surface area contributed by atoms with Crippen LogP contribution in [0.25, 0.3) is 0 Å². The molecule has 1 aromatic rings. The summed E-state index contributed by atoms with van der Waals surface area (Å²) in [5, 5.41) is 3.26. The Balaban J connectivity index is 0.00000176. The molecule has 0 aromatic heterocycles. The molecule has 1 N–H and O–H groups in total. The summed E-state index contributed by atoms with van der Waals surface area (Å²) in [7, 11) is -1.74. The summed E-state index contributed by atoms with van der Waals surface area (Å²) in [5.41, 5.74) is 0.988. The molecule has 1 fully saturated rings. The number of nitrogens with one attached hydrogen (secondary N) is 1. The third-order valence-electron chi connectivity index (χ3n) is 4.37. The number of nitrogens with zero attached hydrogens (tertiary/aromatic N) is 1. The summed E-state index contributed by atoms with van der Waals surface area (Å²) < 4.78 is 32.7. The first-order valence-corrected chi connectivity index (χ1v) is 8.91. The molecule has 2 aliphatic heterocycles. The number of rotatable bonds is 3. The Morgan fingerprint density at radius 2 is 1.95 bits per heavy atom. The van der Waals surface area contributed by atoms with Crippen molar-refractivity contribution in [2.75, 3.05) is 20.1 Å². The van der Waals surface area contributed by atoms with Gasteiger partial charge in [0, 0.05) is 19.5 Å². The Bertz CT molecular complexity index is 630. The van der Waals surface area contributed by atoms with Gasteiger partial charge in [0.2, 0.25) is 10.0 Å². The van der Waals surface area contributed by atoms with Crippen LogP contribution in [-0.2, 0) is 16.4 Å². The minimum absolute atomic E-state index is 0. The van der Waals surface area contributed by atoms with Crippen LogP contribution < -0.4 is 10.1 Å². The van der Waals surface area contributed by atoms with Gasteiger partial charge < -0.3 is 10.1 Å². The van der Waals surface area contributed by atoms with Gasteiger partial charge >= 0.3 is 0 Å². The molecular formula is C15H23ClN2O3S. The van der Waals surface area contributed by atoms with E-state index in [4.69, 9.17) is 4.74 Å². The Labute approximate surface area is 138 Å². The van der Waals surface area contributed by atoms with Crippen LogP contribution in [0.1, 0.15) is 25.3 Å². The largest absolute Gasteiger partial charge is 0.490 e. The van der Waals surface area contributed by atoms with Crippen LogP contribution in [-0.4, -0.2) is 45.0 Å². The topological polar surface area (TPSA) is 58.6 Å². The van der Waals surface area contributed by atoms with Crippen molar-refractivity contribution >= 4 is 22.4 Å². The predicted molar refractivity (Wildman–Crippen MR) is 88.3 cm³/mol. The number of hydrogen-bond donors (Lipinski definition) is 1. The van der Waals surface area contributed by atoms with Crippen LogP contribution in [0.2, 0.25) is 0 Å². The van der Waals surface area contributed by atoms with E-state index in [1.807, 2.05) is 6.92 Å². The fourth-order valence-electron chi connectivity index (χ4n) is 3.09. The lowest BCUT2D eigenvalue weighted by molar-refractivity contribution is 0.254. The minimum atomic E-state index is -3.43. The average Bonchev–Trinajstić information content (AvgIpc) is 2.86. The zero-order valence-electron chi connectivity index (χ0n) is 12.9. The third-order valence-corrected chi connectivity index (χ3v) is 6.27. The van der Waals surface area contributed by atoms with Crippen LogP contribution >= 0.6 is 12.4 Å². The maximum absolute atomic E-state index is 12.8. The summed E-state index contributed by atoms with van der Waals surface area (Å²) >= 11 is 0. The molecule has 0 aliphatic carbocycles. The predicted octanol–water partition coefficient (Wildman–Crippen LogP) is 1.80. The second-order valence-electron chi connectivity index (χ2n) is 5.90. The van der Waals surface area contributed by atoms with E-state index in [9.17, 15) is 8.42 Å². The van der Waals surface area contributed by atoms with Gasteiger partial charge in [0.05, 0.1) is 4.90 Å². The first kappa shape index (κ1) is 17.5. The van der Waals surface area contributed by atoms with Crippen LogP contribution in [0.15, 0.2) is 23.1 Å². The van der Waals surface area contributed by atoms with Crippen LogP contribution in [0.4, 0.5) is 0 Å². The van der Waals surface area contributed by atoms with E-state index in [-0.39, 0.29) is 24.6 Å². The number of benzene rings is 1. The molecule has 2 heterocycles. The molecule has 1 unspecified atom stereocenters. The van der Waals surface area contributed by atoms with Crippen LogP contribution in [0.3, 0.4) is 0 Å². The van der Waals surface area contributed by atoms with Crippen molar-refractivity contribution in [1.29, 1.82) is 0 Å². The molecule has 0 amide bonds. The molecule has 1 atom stereocenters. The number of piperidine rings is 1. The van der Waals surface area contributed by atoms with Gasteiger partial charge in [-0.05, 0) is 56.6 Å². The number of sulfonamides is 1. The second-order valence-corrected chi connectivity index (χ2v) is 7.90. The Kier molecular flexibility index (Phi) is 5.37. The van der Waals surface area contributed by atoms with Gasteiger partial charge in [0.25, 0.3) is 0 Å². The first-order chi connectivity index (χ1) is 9.98. The van der Waals surface area contributed by atoms with E-state index in [0.717, 1.165) is 43.7 Å². The SMILES string of the molecule is CC1Cc2cc(S(=O)(=O)N(C)C3CCNCC3)ccc2O1.Cl. The quantitative estimate of drug-likeness (QED) is 0.906. The fourth-order valence-corrected chi connectivity index (χ4v) is 4.56. The third kappa shape index (κ3) is 3.25. The van der Waals surface area contributed by atoms with Gasteiger partial charge in [-0.1, -0.05) is 0 Å². The standard InChI is InChI=1S/C15H22N2O3S.ClH/c1-11-9-12-10-14(3-4-15(12)20-11)21(18,19)17(2)13-5-7-16-8-6-13;/h3-4,10-11,13,16H,5-9H2,1-2H3;1H. The lowest BCUT2D eigenvalue weighted by Crippen LogP contribution is -2.43. The molecule has 0 radical (unpaired) electrons. The first-order valence-electron chi connectivity index (χ1n) is 7.47. The molecule has 7 heteroatoms. The van der Waals surface area contributed by atoms with Crippen molar-refractivity contribution in [1.82, 2.24) is 9.62 Å².